The molecule has 0 aromatic heterocycles. The highest BCUT2D eigenvalue weighted by molar-refractivity contribution is 7.90. The van der Waals surface area contributed by atoms with Crippen molar-refractivity contribution in [2.75, 3.05) is 20.2 Å². The predicted octanol–water partition coefficient (Wildman–Crippen LogP) is -0.326. The SMILES string of the molecule is CCOC(=O)CCN(C)S(=O)(=O)C(C)C(=O)O. The number of aliphatic carboxylic acids is 1. The van der Waals surface area contributed by atoms with E-state index in [1.54, 1.807) is 6.92 Å². The molecule has 0 aromatic rings. The molecule has 17 heavy (non-hydrogen) atoms. The number of hydrogen-bond acceptors (Lipinski definition) is 5. The van der Waals surface area contributed by atoms with Crippen molar-refractivity contribution in [2.45, 2.75) is 25.5 Å². The molecule has 0 aliphatic heterocycles. The van der Waals surface area contributed by atoms with Gasteiger partial charge in [0.15, 0.2) is 5.25 Å². The van der Waals surface area contributed by atoms with E-state index >= 15 is 0 Å². The largest absolute Gasteiger partial charge is 0.480 e. The molecule has 100 valence electrons. The molecule has 1 unspecified atom stereocenters. The Morgan fingerprint density at radius 2 is 1.94 bits per heavy atom. The van der Waals surface area contributed by atoms with Gasteiger partial charge >= 0.3 is 11.9 Å². The van der Waals surface area contributed by atoms with Gasteiger partial charge in [-0.05, 0) is 13.8 Å². The van der Waals surface area contributed by atoms with Crippen LogP contribution in [0.25, 0.3) is 0 Å². The van der Waals surface area contributed by atoms with E-state index in [0.29, 0.717) is 0 Å². The number of rotatable bonds is 7. The fourth-order valence-corrected chi connectivity index (χ4v) is 2.15. The van der Waals surface area contributed by atoms with Crippen molar-refractivity contribution in [3.8, 4) is 0 Å². The van der Waals surface area contributed by atoms with E-state index in [4.69, 9.17) is 5.11 Å². The summed E-state index contributed by atoms with van der Waals surface area (Å²) in [5, 5.41) is 7.10. The number of carboxylic acids is 1. The van der Waals surface area contributed by atoms with Crippen LogP contribution in [0.4, 0.5) is 0 Å². The van der Waals surface area contributed by atoms with E-state index < -0.39 is 27.2 Å². The third-order valence-electron chi connectivity index (χ3n) is 2.17. The third kappa shape index (κ3) is 4.70. The minimum absolute atomic E-state index is 0.0984. The van der Waals surface area contributed by atoms with Crippen molar-refractivity contribution >= 4 is 22.0 Å². The fourth-order valence-electron chi connectivity index (χ4n) is 1.01. The van der Waals surface area contributed by atoms with Gasteiger partial charge in [0, 0.05) is 13.6 Å². The van der Waals surface area contributed by atoms with Crippen molar-refractivity contribution in [2.24, 2.45) is 0 Å². The monoisotopic (exact) mass is 267 g/mol. The summed E-state index contributed by atoms with van der Waals surface area (Å²) >= 11 is 0. The van der Waals surface area contributed by atoms with Crippen LogP contribution in [0.5, 0.6) is 0 Å². The average Bonchev–Trinajstić information content (AvgIpc) is 2.24. The zero-order chi connectivity index (χ0) is 13.6. The van der Waals surface area contributed by atoms with E-state index in [1.807, 2.05) is 0 Å². The first-order chi connectivity index (χ1) is 7.73. The molecule has 0 saturated heterocycles. The first-order valence-corrected chi connectivity index (χ1v) is 6.57. The zero-order valence-electron chi connectivity index (χ0n) is 10.0. The highest BCUT2D eigenvalue weighted by Crippen LogP contribution is 2.07. The molecule has 0 aliphatic rings. The predicted molar refractivity (Wildman–Crippen MR) is 59.9 cm³/mol. The van der Waals surface area contributed by atoms with Crippen LogP contribution in [0.3, 0.4) is 0 Å². The number of sulfonamides is 1. The van der Waals surface area contributed by atoms with Crippen LogP contribution in [0.15, 0.2) is 0 Å². The number of esters is 1. The van der Waals surface area contributed by atoms with Gasteiger partial charge in [0.05, 0.1) is 13.0 Å². The Labute approximate surface area is 100 Å². The number of carboxylic acid groups (broad SMARTS) is 1. The Morgan fingerprint density at radius 3 is 2.35 bits per heavy atom. The van der Waals surface area contributed by atoms with Gasteiger partial charge < -0.3 is 9.84 Å². The van der Waals surface area contributed by atoms with Crippen LogP contribution in [-0.4, -0.2) is 55.2 Å². The fraction of sp³-hybridized carbons (Fsp3) is 0.778. The molecule has 0 aromatic carbocycles. The summed E-state index contributed by atoms with van der Waals surface area (Å²) in [6.45, 7) is 2.85. The van der Waals surface area contributed by atoms with Gasteiger partial charge in [-0.1, -0.05) is 0 Å². The summed E-state index contributed by atoms with van der Waals surface area (Å²) in [5.74, 6) is -1.94. The van der Waals surface area contributed by atoms with Gasteiger partial charge in [0.25, 0.3) is 0 Å². The van der Waals surface area contributed by atoms with E-state index in [0.717, 1.165) is 11.2 Å². The summed E-state index contributed by atoms with van der Waals surface area (Å²) in [5.41, 5.74) is 0. The van der Waals surface area contributed by atoms with Crippen molar-refractivity contribution in [1.29, 1.82) is 0 Å². The molecule has 0 saturated carbocycles. The van der Waals surface area contributed by atoms with E-state index in [1.165, 1.54) is 7.05 Å². The lowest BCUT2D eigenvalue weighted by atomic mass is 10.4. The number of carbonyl (C=O) groups is 2. The van der Waals surface area contributed by atoms with Crippen LogP contribution in [0.2, 0.25) is 0 Å². The molecule has 1 atom stereocenters. The van der Waals surface area contributed by atoms with Gasteiger partial charge in [0.1, 0.15) is 0 Å². The molecule has 0 fully saturated rings. The standard InChI is InChI=1S/C9H17NO6S/c1-4-16-8(11)5-6-10(3)17(14,15)7(2)9(12)13/h7H,4-6H2,1-3H3,(H,12,13). The summed E-state index contributed by atoms with van der Waals surface area (Å²) in [4.78, 5) is 21.6. The Balaban J connectivity index is 4.46. The number of hydrogen-bond donors (Lipinski definition) is 1. The lowest BCUT2D eigenvalue weighted by Crippen LogP contribution is -2.39. The average molecular weight is 267 g/mol. The topological polar surface area (TPSA) is 101 Å². The number of carbonyl (C=O) groups excluding carboxylic acids is 1. The van der Waals surface area contributed by atoms with Crippen LogP contribution >= 0.6 is 0 Å². The van der Waals surface area contributed by atoms with Crippen LogP contribution in [0.1, 0.15) is 20.3 Å². The highest BCUT2D eigenvalue weighted by atomic mass is 32.2. The molecule has 0 spiro atoms. The molecule has 0 rings (SSSR count). The van der Waals surface area contributed by atoms with Crippen LogP contribution < -0.4 is 0 Å². The molecule has 0 bridgehead atoms. The van der Waals surface area contributed by atoms with Crippen LogP contribution in [-0.2, 0) is 24.3 Å². The van der Waals surface area contributed by atoms with Crippen LogP contribution in [0, 0.1) is 0 Å². The smallest absolute Gasteiger partial charge is 0.323 e. The molecule has 0 aliphatic carbocycles. The molecular weight excluding hydrogens is 250 g/mol. The summed E-state index contributed by atoms with van der Waals surface area (Å²) < 4.78 is 28.8. The van der Waals surface area contributed by atoms with Gasteiger partial charge in [-0.2, -0.15) is 0 Å². The second-order valence-electron chi connectivity index (χ2n) is 3.40. The Morgan fingerprint density at radius 1 is 1.41 bits per heavy atom. The summed E-state index contributed by atoms with van der Waals surface area (Å²) in [6, 6.07) is 0. The molecule has 0 amide bonds. The first-order valence-electron chi connectivity index (χ1n) is 5.07. The minimum Gasteiger partial charge on any atom is -0.480 e. The lowest BCUT2D eigenvalue weighted by molar-refractivity contribution is -0.143. The van der Waals surface area contributed by atoms with Crippen molar-refractivity contribution in [3.05, 3.63) is 0 Å². The highest BCUT2D eigenvalue weighted by Gasteiger charge is 2.31. The maximum atomic E-state index is 11.6. The van der Waals surface area contributed by atoms with Crippen molar-refractivity contribution in [3.63, 3.8) is 0 Å². The number of nitrogens with zero attached hydrogens (tertiary/aromatic N) is 1. The molecule has 0 radical (unpaired) electrons. The maximum Gasteiger partial charge on any atom is 0.323 e. The van der Waals surface area contributed by atoms with Gasteiger partial charge in [-0.15, -0.1) is 0 Å². The Hall–Kier alpha value is -1.15. The van der Waals surface area contributed by atoms with Gasteiger partial charge in [-0.25, -0.2) is 12.7 Å². The second kappa shape index (κ2) is 6.55. The second-order valence-corrected chi connectivity index (χ2v) is 5.76. The van der Waals surface area contributed by atoms with Crippen molar-refractivity contribution < 1.29 is 27.9 Å². The summed E-state index contributed by atoms with van der Waals surface area (Å²) in [6.07, 6.45) is -0.101. The normalized spacial score (nSPS) is 13.4. The lowest BCUT2D eigenvalue weighted by Gasteiger charge is -2.19. The molecule has 0 heterocycles. The van der Waals surface area contributed by atoms with E-state index in [-0.39, 0.29) is 19.6 Å². The molecule has 1 N–H and O–H groups in total. The Bertz CT molecular complexity index is 377. The summed E-state index contributed by atoms with van der Waals surface area (Å²) in [7, 11) is -2.69. The van der Waals surface area contributed by atoms with E-state index in [2.05, 4.69) is 4.74 Å². The first kappa shape index (κ1) is 15.9. The zero-order valence-corrected chi connectivity index (χ0v) is 10.9. The Kier molecular flexibility index (Phi) is 6.11. The third-order valence-corrected chi connectivity index (χ3v) is 4.31. The van der Waals surface area contributed by atoms with E-state index in [9.17, 15) is 18.0 Å². The van der Waals surface area contributed by atoms with Crippen molar-refractivity contribution in [1.82, 2.24) is 4.31 Å². The molecule has 7 nitrogen and oxygen atoms in total. The molecule has 8 heteroatoms. The minimum atomic E-state index is -3.92. The number of ether oxygens (including phenoxy) is 1. The maximum absolute atomic E-state index is 11.6. The molecular formula is C9H17NO6S. The van der Waals surface area contributed by atoms with Gasteiger partial charge in [-0.3, -0.25) is 9.59 Å². The quantitative estimate of drug-likeness (QED) is 0.634. The van der Waals surface area contributed by atoms with Gasteiger partial charge in [0.2, 0.25) is 10.0 Å².